The highest BCUT2D eigenvalue weighted by molar-refractivity contribution is 9.10. The molecule has 0 amide bonds. The minimum absolute atomic E-state index is 0.495. The molecule has 1 aromatic carbocycles. The summed E-state index contributed by atoms with van der Waals surface area (Å²) in [5.74, 6) is 0. The van der Waals surface area contributed by atoms with E-state index in [4.69, 9.17) is 11.6 Å². The first-order valence-electron chi connectivity index (χ1n) is 5.11. The van der Waals surface area contributed by atoms with Crippen LogP contribution in [0.5, 0.6) is 0 Å². The van der Waals surface area contributed by atoms with Gasteiger partial charge in [-0.1, -0.05) is 23.7 Å². The fourth-order valence-electron chi connectivity index (χ4n) is 1.55. The Kier molecular flexibility index (Phi) is 4.20. The summed E-state index contributed by atoms with van der Waals surface area (Å²) in [6, 6.07) is 5.55. The van der Waals surface area contributed by atoms with Crippen LogP contribution in [0, 0.1) is 6.92 Å². The molecule has 1 unspecified atom stereocenters. The Morgan fingerprint density at radius 1 is 1.53 bits per heavy atom. The van der Waals surface area contributed by atoms with Crippen LogP contribution in [-0.2, 0) is 6.42 Å². The summed E-state index contributed by atoms with van der Waals surface area (Å²) >= 11 is 11.0. The molecule has 0 aliphatic rings. The van der Waals surface area contributed by atoms with Crippen LogP contribution in [0.3, 0.4) is 0 Å². The van der Waals surface area contributed by atoms with E-state index in [2.05, 4.69) is 20.9 Å². The molecule has 2 rings (SSSR count). The van der Waals surface area contributed by atoms with Gasteiger partial charge in [-0.25, -0.2) is 4.98 Å². The van der Waals surface area contributed by atoms with Crippen molar-refractivity contribution in [1.82, 2.24) is 4.98 Å². The molecule has 0 spiro atoms. The Bertz CT molecular complexity index is 529. The Hall–Kier alpha value is -0.420. The molecule has 0 aliphatic heterocycles. The maximum absolute atomic E-state index is 10.1. The van der Waals surface area contributed by atoms with Crippen LogP contribution >= 0.6 is 38.9 Å². The highest BCUT2D eigenvalue weighted by Gasteiger charge is 2.15. The standard InChI is InChI=1S/C12H11BrClNOS/c1-7-6-17-11(15-7)5-10(16)8-3-2-4-9(13)12(8)14/h2-4,6,10,16H,5H2,1H3. The third-order valence-electron chi connectivity index (χ3n) is 2.38. The summed E-state index contributed by atoms with van der Waals surface area (Å²) in [5, 5.41) is 13.6. The van der Waals surface area contributed by atoms with Gasteiger partial charge in [-0.2, -0.15) is 0 Å². The van der Waals surface area contributed by atoms with Gasteiger partial charge in [0, 0.05) is 27.5 Å². The van der Waals surface area contributed by atoms with Crippen molar-refractivity contribution in [2.75, 3.05) is 0 Å². The van der Waals surface area contributed by atoms with Gasteiger partial charge in [0.15, 0.2) is 0 Å². The second-order valence-corrected chi connectivity index (χ2v) is 5.92. The topological polar surface area (TPSA) is 33.1 Å². The highest BCUT2D eigenvalue weighted by atomic mass is 79.9. The number of aryl methyl sites for hydroxylation is 1. The van der Waals surface area contributed by atoms with Crippen LogP contribution in [0.4, 0.5) is 0 Å². The zero-order chi connectivity index (χ0) is 12.4. The number of nitrogens with zero attached hydrogens (tertiary/aromatic N) is 1. The Morgan fingerprint density at radius 3 is 2.94 bits per heavy atom. The molecule has 2 nitrogen and oxygen atoms in total. The molecule has 0 aliphatic carbocycles. The van der Waals surface area contributed by atoms with Gasteiger partial charge in [-0.15, -0.1) is 11.3 Å². The van der Waals surface area contributed by atoms with Crippen molar-refractivity contribution >= 4 is 38.9 Å². The lowest BCUT2D eigenvalue weighted by Crippen LogP contribution is -2.02. The summed E-state index contributed by atoms with van der Waals surface area (Å²) in [4.78, 5) is 4.33. The second-order valence-electron chi connectivity index (χ2n) is 3.75. The first-order chi connectivity index (χ1) is 8.08. The van der Waals surface area contributed by atoms with Gasteiger partial charge >= 0.3 is 0 Å². The number of halogens is 2. The number of rotatable bonds is 3. The average molecular weight is 333 g/mol. The molecule has 0 saturated heterocycles. The van der Waals surface area contributed by atoms with Gasteiger partial charge in [0.25, 0.3) is 0 Å². The van der Waals surface area contributed by atoms with Crippen LogP contribution in [0.15, 0.2) is 28.1 Å². The second kappa shape index (κ2) is 5.48. The number of benzene rings is 1. The summed E-state index contributed by atoms with van der Waals surface area (Å²) < 4.78 is 0.797. The van der Waals surface area contributed by atoms with E-state index in [9.17, 15) is 5.11 Å². The van der Waals surface area contributed by atoms with Crippen LogP contribution in [-0.4, -0.2) is 10.1 Å². The van der Waals surface area contributed by atoms with E-state index in [1.54, 1.807) is 11.3 Å². The smallest absolute Gasteiger partial charge is 0.0957 e. The fourth-order valence-corrected chi connectivity index (χ4v) is 2.99. The Balaban J connectivity index is 2.20. The monoisotopic (exact) mass is 331 g/mol. The molecule has 1 N–H and O–H groups in total. The molecule has 1 heterocycles. The fraction of sp³-hybridized carbons (Fsp3) is 0.250. The summed E-state index contributed by atoms with van der Waals surface area (Å²) in [6.07, 6.45) is -0.125. The van der Waals surface area contributed by atoms with Crippen LogP contribution in [0.1, 0.15) is 22.4 Å². The Morgan fingerprint density at radius 2 is 2.29 bits per heavy atom. The summed E-state index contributed by atoms with van der Waals surface area (Å²) in [5.41, 5.74) is 1.71. The van der Waals surface area contributed by atoms with Crippen molar-refractivity contribution in [1.29, 1.82) is 0 Å². The number of aliphatic hydroxyl groups excluding tert-OH is 1. The summed E-state index contributed by atoms with van der Waals surface area (Å²) in [6.45, 7) is 1.94. The molecule has 2 aromatic rings. The quantitative estimate of drug-likeness (QED) is 0.916. The van der Waals surface area contributed by atoms with E-state index in [0.29, 0.717) is 11.4 Å². The van der Waals surface area contributed by atoms with Crippen molar-refractivity contribution in [2.45, 2.75) is 19.4 Å². The number of aliphatic hydroxyl groups is 1. The third-order valence-corrected chi connectivity index (χ3v) is 4.67. The molecular formula is C12H11BrClNOS. The maximum atomic E-state index is 10.1. The van der Waals surface area contributed by atoms with Crippen LogP contribution in [0.2, 0.25) is 5.02 Å². The Labute approximate surface area is 117 Å². The molecule has 90 valence electrons. The van der Waals surface area contributed by atoms with Gasteiger partial charge in [-0.3, -0.25) is 0 Å². The number of thiazole rings is 1. The largest absolute Gasteiger partial charge is 0.388 e. The van der Waals surface area contributed by atoms with Crippen molar-refractivity contribution in [3.05, 3.63) is 49.3 Å². The van der Waals surface area contributed by atoms with E-state index >= 15 is 0 Å². The molecule has 0 saturated carbocycles. The zero-order valence-corrected chi connectivity index (χ0v) is 12.3. The minimum atomic E-state index is -0.620. The predicted molar refractivity (Wildman–Crippen MR) is 74.7 cm³/mol. The molecule has 0 fully saturated rings. The van der Waals surface area contributed by atoms with E-state index < -0.39 is 6.10 Å². The van der Waals surface area contributed by atoms with Crippen LogP contribution in [0.25, 0.3) is 0 Å². The van der Waals surface area contributed by atoms with Gasteiger partial charge in [-0.05, 0) is 28.9 Å². The molecule has 1 aromatic heterocycles. The van der Waals surface area contributed by atoms with Crippen molar-refractivity contribution < 1.29 is 5.11 Å². The van der Waals surface area contributed by atoms with Crippen LogP contribution < -0.4 is 0 Å². The number of aromatic nitrogens is 1. The van der Waals surface area contributed by atoms with E-state index in [1.165, 1.54) is 0 Å². The van der Waals surface area contributed by atoms with Crippen molar-refractivity contribution in [2.24, 2.45) is 0 Å². The van der Waals surface area contributed by atoms with E-state index in [0.717, 1.165) is 20.7 Å². The minimum Gasteiger partial charge on any atom is -0.388 e. The molecular weight excluding hydrogens is 322 g/mol. The normalized spacial score (nSPS) is 12.7. The van der Waals surface area contributed by atoms with Gasteiger partial charge in [0.1, 0.15) is 0 Å². The molecule has 1 atom stereocenters. The lowest BCUT2D eigenvalue weighted by Gasteiger charge is -2.12. The SMILES string of the molecule is Cc1csc(CC(O)c2cccc(Br)c2Cl)n1. The molecule has 5 heteroatoms. The highest BCUT2D eigenvalue weighted by Crippen LogP contribution is 2.32. The lowest BCUT2D eigenvalue weighted by molar-refractivity contribution is 0.178. The van der Waals surface area contributed by atoms with Crippen molar-refractivity contribution in [3.63, 3.8) is 0 Å². The molecule has 0 bridgehead atoms. The maximum Gasteiger partial charge on any atom is 0.0957 e. The van der Waals surface area contributed by atoms with Gasteiger partial charge in [0.2, 0.25) is 0 Å². The zero-order valence-electron chi connectivity index (χ0n) is 9.15. The third kappa shape index (κ3) is 3.07. The first kappa shape index (κ1) is 13.0. The van der Waals surface area contributed by atoms with E-state index in [-0.39, 0.29) is 0 Å². The van der Waals surface area contributed by atoms with E-state index in [1.807, 2.05) is 30.5 Å². The average Bonchev–Trinajstić information content (AvgIpc) is 2.68. The molecule has 0 radical (unpaired) electrons. The first-order valence-corrected chi connectivity index (χ1v) is 7.16. The summed E-state index contributed by atoms with van der Waals surface area (Å²) in [7, 11) is 0. The predicted octanol–water partition coefficient (Wildman–Crippen LogP) is 4.14. The number of hydrogen-bond donors (Lipinski definition) is 1. The number of hydrogen-bond acceptors (Lipinski definition) is 3. The van der Waals surface area contributed by atoms with Gasteiger partial charge < -0.3 is 5.11 Å². The van der Waals surface area contributed by atoms with Crippen molar-refractivity contribution in [3.8, 4) is 0 Å². The lowest BCUT2D eigenvalue weighted by atomic mass is 10.1. The molecule has 17 heavy (non-hydrogen) atoms. The van der Waals surface area contributed by atoms with Gasteiger partial charge in [0.05, 0.1) is 16.1 Å².